The van der Waals surface area contributed by atoms with Crippen LogP contribution in [0, 0.1) is 5.82 Å². The molecule has 0 spiro atoms. The van der Waals surface area contributed by atoms with Crippen LogP contribution in [0.1, 0.15) is 17.3 Å². The second-order valence-electron chi connectivity index (χ2n) is 4.26. The highest BCUT2D eigenvalue weighted by molar-refractivity contribution is 5.16. The fourth-order valence-electron chi connectivity index (χ4n) is 1.64. The first kappa shape index (κ1) is 14.4. The van der Waals surface area contributed by atoms with E-state index in [9.17, 15) is 17.6 Å². The molecule has 4 nitrogen and oxygen atoms in total. The first-order valence-corrected chi connectivity index (χ1v) is 5.68. The first-order chi connectivity index (χ1) is 9.36. The summed E-state index contributed by atoms with van der Waals surface area (Å²) in [6, 6.07) is 6.16. The molecule has 0 atom stereocenters. The molecule has 2 aromatic rings. The Bertz CT molecular complexity index is 582. The van der Waals surface area contributed by atoms with Gasteiger partial charge in [0.2, 0.25) is 5.89 Å². The maximum Gasteiger partial charge on any atom is 0.470 e. The Hall–Kier alpha value is -1.96. The Balaban J connectivity index is 2.00. The minimum atomic E-state index is -4.66. The van der Waals surface area contributed by atoms with Crippen molar-refractivity contribution in [1.82, 2.24) is 15.1 Å². The Morgan fingerprint density at radius 1 is 1.15 bits per heavy atom. The molecule has 0 saturated carbocycles. The molecule has 1 aromatic heterocycles. The van der Waals surface area contributed by atoms with Gasteiger partial charge in [-0.2, -0.15) is 13.2 Å². The highest BCUT2D eigenvalue weighted by Crippen LogP contribution is 2.27. The number of rotatable bonds is 4. The summed E-state index contributed by atoms with van der Waals surface area (Å²) in [6.07, 6.45) is -4.66. The monoisotopic (exact) mass is 289 g/mol. The summed E-state index contributed by atoms with van der Waals surface area (Å²) in [4.78, 5) is 1.58. The summed E-state index contributed by atoms with van der Waals surface area (Å²) in [5.74, 6) is -1.93. The Kier molecular flexibility index (Phi) is 4.03. The molecule has 0 aliphatic carbocycles. The fraction of sp³-hybridized carbons (Fsp3) is 0.333. The summed E-state index contributed by atoms with van der Waals surface area (Å²) in [7, 11) is 1.61. The van der Waals surface area contributed by atoms with Gasteiger partial charge in [0.1, 0.15) is 5.82 Å². The molecule has 0 amide bonds. The molecule has 0 aliphatic heterocycles. The van der Waals surface area contributed by atoms with Gasteiger partial charge in [0.25, 0.3) is 0 Å². The molecule has 0 radical (unpaired) electrons. The zero-order chi connectivity index (χ0) is 14.8. The minimum Gasteiger partial charge on any atom is -0.416 e. The molecule has 0 N–H and O–H groups in total. The number of benzene rings is 1. The number of alkyl halides is 3. The molecule has 0 saturated heterocycles. The summed E-state index contributed by atoms with van der Waals surface area (Å²) in [5, 5.41) is 6.24. The highest BCUT2D eigenvalue weighted by Gasteiger charge is 2.38. The van der Waals surface area contributed by atoms with Crippen molar-refractivity contribution in [3.05, 3.63) is 47.4 Å². The van der Waals surface area contributed by atoms with E-state index in [1.54, 1.807) is 30.1 Å². The van der Waals surface area contributed by atoms with Crippen LogP contribution in [0.4, 0.5) is 17.6 Å². The zero-order valence-electron chi connectivity index (χ0n) is 10.5. The Morgan fingerprint density at radius 2 is 1.85 bits per heavy atom. The van der Waals surface area contributed by atoms with Gasteiger partial charge >= 0.3 is 12.1 Å². The van der Waals surface area contributed by atoms with Crippen LogP contribution in [0.25, 0.3) is 0 Å². The van der Waals surface area contributed by atoms with E-state index in [-0.39, 0.29) is 24.8 Å². The van der Waals surface area contributed by atoms with Gasteiger partial charge in [0, 0.05) is 12.1 Å². The lowest BCUT2D eigenvalue weighted by Gasteiger charge is -2.14. The summed E-state index contributed by atoms with van der Waals surface area (Å²) < 4.78 is 54.8. The highest BCUT2D eigenvalue weighted by atomic mass is 19.4. The van der Waals surface area contributed by atoms with Gasteiger partial charge in [-0.1, -0.05) is 18.2 Å². The van der Waals surface area contributed by atoms with Crippen molar-refractivity contribution in [2.24, 2.45) is 0 Å². The van der Waals surface area contributed by atoms with Crippen LogP contribution in [-0.4, -0.2) is 22.1 Å². The normalized spacial score (nSPS) is 12.1. The van der Waals surface area contributed by atoms with E-state index in [0.29, 0.717) is 5.56 Å². The number of hydrogen-bond donors (Lipinski definition) is 0. The Morgan fingerprint density at radius 3 is 2.45 bits per heavy atom. The molecule has 0 aliphatic rings. The third kappa shape index (κ3) is 3.53. The molecule has 20 heavy (non-hydrogen) atoms. The predicted molar refractivity (Wildman–Crippen MR) is 60.9 cm³/mol. The maximum absolute atomic E-state index is 13.4. The van der Waals surface area contributed by atoms with Gasteiger partial charge in [-0.25, -0.2) is 4.39 Å². The van der Waals surface area contributed by atoms with E-state index in [1.165, 1.54) is 6.07 Å². The lowest BCUT2D eigenvalue weighted by Crippen LogP contribution is -2.18. The number of aromatic nitrogens is 2. The van der Waals surface area contributed by atoms with E-state index in [1.807, 2.05) is 0 Å². The van der Waals surface area contributed by atoms with Crippen LogP contribution in [-0.2, 0) is 19.3 Å². The van der Waals surface area contributed by atoms with Crippen molar-refractivity contribution in [3.8, 4) is 0 Å². The van der Waals surface area contributed by atoms with Gasteiger partial charge < -0.3 is 4.42 Å². The molecule has 1 aromatic carbocycles. The molecule has 0 bridgehead atoms. The molecular formula is C12H11F4N3O. The number of hydrogen-bond acceptors (Lipinski definition) is 4. The van der Waals surface area contributed by atoms with Gasteiger partial charge in [-0.05, 0) is 13.1 Å². The van der Waals surface area contributed by atoms with Crippen LogP contribution >= 0.6 is 0 Å². The average molecular weight is 289 g/mol. The topological polar surface area (TPSA) is 42.2 Å². The third-order valence-corrected chi connectivity index (χ3v) is 2.51. The van der Waals surface area contributed by atoms with Crippen LogP contribution in [0.5, 0.6) is 0 Å². The van der Waals surface area contributed by atoms with Gasteiger partial charge in [0.15, 0.2) is 0 Å². The molecule has 108 valence electrons. The van der Waals surface area contributed by atoms with Crippen LogP contribution in [0.15, 0.2) is 28.7 Å². The van der Waals surface area contributed by atoms with Crippen molar-refractivity contribution in [2.75, 3.05) is 7.05 Å². The van der Waals surface area contributed by atoms with Gasteiger partial charge in [-0.15, -0.1) is 10.2 Å². The van der Waals surface area contributed by atoms with Gasteiger partial charge in [-0.3, -0.25) is 4.90 Å². The van der Waals surface area contributed by atoms with E-state index < -0.39 is 12.1 Å². The first-order valence-electron chi connectivity index (χ1n) is 5.68. The molecule has 0 fully saturated rings. The van der Waals surface area contributed by atoms with Crippen molar-refractivity contribution in [1.29, 1.82) is 0 Å². The SMILES string of the molecule is CN(Cc1nnc(C(F)(F)F)o1)Cc1ccccc1F. The van der Waals surface area contributed by atoms with E-state index in [4.69, 9.17) is 0 Å². The van der Waals surface area contributed by atoms with Crippen LogP contribution in [0.2, 0.25) is 0 Å². The smallest absolute Gasteiger partial charge is 0.416 e. The molecular weight excluding hydrogens is 278 g/mol. The standard InChI is InChI=1S/C12H11F4N3O/c1-19(6-8-4-2-3-5-9(8)13)7-10-17-18-11(20-10)12(14,15)16/h2-5H,6-7H2,1H3. The van der Waals surface area contributed by atoms with E-state index in [0.717, 1.165) is 0 Å². The number of nitrogens with zero attached hydrogens (tertiary/aromatic N) is 3. The largest absolute Gasteiger partial charge is 0.470 e. The molecule has 8 heteroatoms. The quantitative estimate of drug-likeness (QED) is 0.812. The fourth-order valence-corrected chi connectivity index (χ4v) is 1.64. The lowest BCUT2D eigenvalue weighted by atomic mass is 10.2. The summed E-state index contributed by atoms with van der Waals surface area (Å²) in [5.41, 5.74) is 0.436. The van der Waals surface area contributed by atoms with Crippen LogP contribution in [0.3, 0.4) is 0 Å². The lowest BCUT2D eigenvalue weighted by molar-refractivity contribution is -0.157. The van der Waals surface area contributed by atoms with Crippen molar-refractivity contribution >= 4 is 0 Å². The Labute approximate surface area is 112 Å². The average Bonchev–Trinajstić information content (AvgIpc) is 2.80. The summed E-state index contributed by atoms with van der Waals surface area (Å²) in [6.45, 7) is 0.216. The van der Waals surface area contributed by atoms with Gasteiger partial charge in [0.05, 0.1) is 6.54 Å². The second kappa shape index (κ2) is 5.58. The molecule has 2 rings (SSSR count). The maximum atomic E-state index is 13.4. The minimum absolute atomic E-state index is 0.00257. The molecule has 1 heterocycles. The van der Waals surface area contributed by atoms with Crippen molar-refractivity contribution in [2.45, 2.75) is 19.3 Å². The van der Waals surface area contributed by atoms with E-state index >= 15 is 0 Å². The van der Waals surface area contributed by atoms with E-state index in [2.05, 4.69) is 14.6 Å². The van der Waals surface area contributed by atoms with Crippen molar-refractivity contribution < 1.29 is 22.0 Å². The predicted octanol–water partition coefficient (Wildman–Crippen LogP) is 2.86. The van der Waals surface area contributed by atoms with Crippen molar-refractivity contribution in [3.63, 3.8) is 0 Å². The third-order valence-electron chi connectivity index (χ3n) is 2.51. The van der Waals surface area contributed by atoms with Crippen LogP contribution < -0.4 is 0 Å². The number of halogens is 4. The molecule has 0 unspecified atom stereocenters. The summed E-state index contributed by atoms with van der Waals surface area (Å²) >= 11 is 0. The zero-order valence-corrected chi connectivity index (χ0v) is 10.5. The second-order valence-corrected chi connectivity index (χ2v) is 4.26.